The molecule has 0 saturated heterocycles. The van der Waals surface area contributed by atoms with Gasteiger partial charge in [0, 0.05) is 5.39 Å². The van der Waals surface area contributed by atoms with Crippen molar-refractivity contribution in [2.45, 2.75) is 24.8 Å². The highest BCUT2D eigenvalue weighted by atomic mass is 32.2. The van der Waals surface area contributed by atoms with E-state index in [4.69, 9.17) is 0 Å². The third kappa shape index (κ3) is 4.44. The van der Waals surface area contributed by atoms with Crippen LogP contribution in [0.2, 0.25) is 0 Å². The molecule has 1 heterocycles. The van der Waals surface area contributed by atoms with E-state index in [2.05, 4.69) is 30.2 Å². The number of fused-ring (bicyclic) bond motifs is 1. The summed E-state index contributed by atoms with van der Waals surface area (Å²) >= 11 is 1.16. The second-order valence-electron chi connectivity index (χ2n) is 6.38. The highest BCUT2D eigenvalue weighted by Crippen LogP contribution is 2.27. The lowest BCUT2D eigenvalue weighted by molar-refractivity contribution is -0.113. The first-order valence-corrected chi connectivity index (χ1v) is 9.48. The molecule has 3 rings (SSSR count). The fourth-order valence-corrected chi connectivity index (χ4v) is 3.37. The van der Waals surface area contributed by atoms with Crippen LogP contribution in [-0.4, -0.2) is 16.6 Å². The maximum Gasteiger partial charge on any atom is 0.234 e. The lowest BCUT2D eigenvalue weighted by Crippen LogP contribution is -2.15. The average molecular weight is 379 g/mol. The zero-order valence-corrected chi connectivity index (χ0v) is 15.8. The number of rotatable bonds is 5. The summed E-state index contributed by atoms with van der Waals surface area (Å²) in [6, 6.07) is 15.9. The normalized spacial score (nSPS) is 10.8. The van der Waals surface area contributed by atoms with Gasteiger partial charge in [-0.3, -0.25) is 4.79 Å². The van der Waals surface area contributed by atoms with E-state index in [1.807, 2.05) is 18.2 Å². The molecule has 2 aromatic carbocycles. The van der Waals surface area contributed by atoms with Gasteiger partial charge in [-0.15, -0.1) is 0 Å². The van der Waals surface area contributed by atoms with E-state index in [0.717, 1.165) is 22.7 Å². The Morgan fingerprint density at radius 3 is 2.74 bits per heavy atom. The molecule has 0 aliphatic carbocycles. The maximum absolute atomic E-state index is 13.6. The minimum Gasteiger partial charge on any atom is -0.323 e. The van der Waals surface area contributed by atoms with E-state index in [1.54, 1.807) is 18.2 Å². The Morgan fingerprint density at radius 1 is 1.26 bits per heavy atom. The van der Waals surface area contributed by atoms with E-state index in [9.17, 15) is 14.4 Å². The fraction of sp³-hybridized carbons (Fsp3) is 0.190. The van der Waals surface area contributed by atoms with Crippen LogP contribution in [0, 0.1) is 17.1 Å². The molecule has 27 heavy (non-hydrogen) atoms. The van der Waals surface area contributed by atoms with E-state index in [-0.39, 0.29) is 17.3 Å². The third-order valence-electron chi connectivity index (χ3n) is 4.08. The summed E-state index contributed by atoms with van der Waals surface area (Å²) in [7, 11) is 0. The number of carbonyl (C=O) groups is 1. The highest BCUT2D eigenvalue weighted by molar-refractivity contribution is 8.00. The molecule has 6 heteroatoms. The molecule has 1 amide bonds. The van der Waals surface area contributed by atoms with Crippen LogP contribution in [-0.2, 0) is 4.79 Å². The van der Waals surface area contributed by atoms with Crippen LogP contribution in [0.4, 0.5) is 10.1 Å². The van der Waals surface area contributed by atoms with Gasteiger partial charge in [-0.2, -0.15) is 5.26 Å². The largest absolute Gasteiger partial charge is 0.323 e. The van der Waals surface area contributed by atoms with Gasteiger partial charge in [0.15, 0.2) is 0 Å². The summed E-state index contributed by atoms with van der Waals surface area (Å²) in [4.78, 5) is 16.6. The zero-order chi connectivity index (χ0) is 19.4. The zero-order valence-electron chi connectivity index (χ0n) is 15.0. The summed E-state index contributed by atoms with van der Waals surface area (Å²) in [6.07, 6.45) is 0. The van der Waals surface area contributed by atoms with Gasteiger partial charge in [0.2, 0.25) is 5.91 Å². The number of nitrogens with one attached hydrogen (secondary N) is 1. The van der Waals surface area contributed by atoms with Crippen molar-refractivity contribution in [3.8, 4) is 6.07 Å². The first-order valence-electron chi connectivity index (χ1n) is 8.50. The lowest BCUT2D eigenvalue weighted by Gasteiger charge is -2.09. The van der Waals surface area contributed by atoms with Crippen molar-refractivity contribution >= 4 is 34.3 Å². The Morgan fingerprint density at radius 2 is 2.04 bits per heavy atom. The molecule has 1 aromatic heterocycles. The van der Waals surface area contributed by atoms with Crippen molar-refractivity contribution in [2.24, 2.45) is 0 Å². The van der Waals surface area contributed by atoms with Crippen molar-refractivity contribution in [1.82, 2.24) is 4.98 Å². The molecule has 0 bridgehead atoms. The molecule has 1 N–H and O–H groups in total. The lowest BCUT2D eigenvalue weighted by atomic mass is 10.0. The molecule has 0 aliphatic heterocycles. The highest BCUT2D eigenvalue weighted by Gasteiger charge is 2.12. The van der Waals surface area contributed by atoms with Gasteiger partial charge in [-0.25, -0.2) is 9.37 Å². The number of benzene rings is 2. The van der Waals surface area contributed by atoms with Crippen molar-refractivity contribution < 1.29 is 9.18 Å². The Balaban J connectivity index is 1.78. The van der Waals surface area contributed by atoms with Crippen molar-refractivity contribution in [1.29, 1.82) is 5.26 Å². The number of pyridine rings is 1. The smallest absolute Gasteiger partial charge is 0.234 e. The number of para-hydroxylation sites is 1. The summed E-state index contributed by atoms with van der Waals surface area (Å²) in [6.45, 7) is 4.22. The number of thioether (sulfide) groups is 1. The second-order valence-corrected chi connectivity index (χ2v) is 7.34. The number of anilines is 1. The Labute approximate surface area is 161 Å². The number of amides is 1. The molecule has 4 nitrogen and oxygen atoms in total. The minimum atomic E-state index is -0.488. The predicted molar refractivity (Wildman–Crippen MR) is 106 cm³/mol. The average Bonchev–Trinajstić information content (AvgIpc) is 2.66. The fourth-order valence-electron chi connectivity index (χ4n) is 2.61. The Hall–Kier alpha value is -2.91. The number of hydrogen-bond donors (Lipinski definition) is 1. The second kappa shape index (κ2) is 8.19. The topological polar surface area (TPSA) is 65.8 Å². The van der Waals surface area contributed by atoms with Gasteiger partial charge in [0.25, 0.3) is 0 Å². The van der Waals surface area contributed by atoms with Crippen LogP contribution in [0.25, 0.3) is 10.9 Å². The monoisotopic (exact) mass is 379 g/mol. The number of carbonyl (C=O) groups excluding carboxylic acids is 1. The molecule has 0 fully saturated rings. The van der Waals surface area contributed by atoms with Crippen LogP contribution in [0.15, 0.2) is 53.6 Å². The van der Waals surface area contributed by atoms with Crippen molar-refractivity contribution in [3.63, 3.8) is 0 Å². The Kier molecular flexibility index (Phi) is 5.72. The molecule has 0 unspecified atom stereocenters. The molecule has 0 saturated carbocycles. The quantitative estimate of drug-likeness (QED) is 0.626. The van der Waals surface area contributed by atoms with Gasteiger partial charge in [0.1, 0.15) is 16.9 Å². The molecular formula is C21H18FN3OS. The van der Waals surface area contributed by atoms with Gasteiger partial charge >= 0.3 is 0 Å². The van der Waals surface area contributed by atoms with Crippen LogP contribution < -0.4 is 5.32 Å². The summed E-state index contributed by atoms with van der Waals surface area (Å²) in [5, 5.41) is 13.4. The molecule has 136 valence electrons. The van der Waals surface area contributed by atoms with Gasteiger partial charge < -0.3 is 5.32 Å². The molecule has 0 spiro atoms. The van der Waals surface area contributed by atoms with Crippen LogP contribution in [0.1, 0.15) is 30.9 Å². The SMILES string of the molecule is CC(C)c1ccc2nc(SCC(=O)Nc3ccccc3F)c(C#N)cc2c1. The predicted octanol–water partition coefficient (Wildman–Crippen LogP) is 5.10. The summed E-state index contributed by atoms with van der Waals surface area (Å²) in [5.74, 6) is -0.425. The molecule has 0 atom stereocenters. The molecule has 0 radical (unpaired) electrons. The van der Waals surface area contributed by atoms with Crippen LogP contribution in [0.3, 0.4) is 0 Å². The maximum atomic E-state index is 13.6. The first kappa shape index (κ1) is 18.9. The first-order chi connectivity index (χ1) is 13.0. The summed E-state index contributed by atoms with van der Waals surface area (Å²) in [5.41, 5.74) is 2.51. The van der Waals surface area contributed by atoms with Crippen LogP contribution in [0.5, 0.6) is 0 Å². The number of halogens is 1. The number of nitriles is 1. The number of aromatic nitrogens is 1. The molecule has 3 aromatic rings. The number of nitrogens with zero attached hydrogens (tertiary/aromatic N) is 2. The van der Waals surface area contributed by atoms with E-state index in [0.29, 0.717) is 16.5 Å². The van der Waals surface area contributed by atoms with E-state index < -0.39 is 5.82 Å². The molecule has 0 aliphatic rings. The van der Waals surface area contributed by atoms with Crippen molar-refractivity contribution in [2.75, 3.05) is 11.1 Å². The number of hydrogen-bond acceptors (Lipinski definition) is 4. The van der Waals surface area contributed by atoms with Gasteiger partial charge in [0.05, 0.1) is 22.5 Å². The van der Waals surface area contributed by atoms with E-state index in [1.165, 1.54) is 17.7 Å². The summed E-state index contributed by atoms with van der Waals surface area (Å²) < 4.78 is 13.6. The molecular weight excluding hydrogens is 361 g/mol. The third-order valence-corrected chi connectivity index (χ3v) is 5.07. The van der Waals surface area contributed by atoms with Crippen molar-refractivity contribution in [3.05, 3.63) is 65.5 Å². The van der Waals surface area contributed by atoms with E-state index >= 15 is 0 Å². The minimum absolute atomic E-state index is 0.0333. The van der Waals surface area contributed by atoms with Gasteiger partial charge in [-0.05, 0) is 41.8 Å². The Bertz CT molecular complexity index is 1040. The standard InChI is InChI=1S/C21H18FN3OS/c1-13(2)14-7-8-18-15(9-14)10-16(11-23)21(25-18)27-12-20(26)24-19-6-4-3-5-17(19)22/h3-10,13H,12H2,1-2H3,(H,24,26). The van der Waals surface area contributed by atoms with Crippen LogP contribution >= 0.6 is 11.8 Å². The van der Waals surface area contributed by atoms with Gasteiger partial charge in [-0.1, -0.05) is 43.8 Å².